The zero-order valence-corrected chi connectivity index (χ0v) is 8.99. The number of aliphatic hydroxyl groups is 1. The van der Waals surface area contributed by atoms with Gasteiger partial charge in [0.2, 0.25) is 5.91 Å². The van der Waals surface area contributed by atoms with Gasteiger partial charge in [-0.25, -0.2) is 9.18 Å². The van der Waals surface area contributed by atoms with Crippen LogP contribution < -0.4 is 5.32 Å². The Kier molecular flexibility index (Phi) is 2.81. The minimum Gasteiger partial charge on any atom is -0.467 e. The van der Waals surface area contributed by atoms with Crippen molar-refractivity contribution in [2.24, 2.45) is 0 Å². The molecule has 2 rings (SSSR count). The second-order valence-corrected chi connectivity index (χ2v) is 3.69. The minimum atomic E-state index is -1.55. The molecule has 6 heteroatoms. The van der Waals surface area contributed by atoms with Crippen LogP contribution in [-0.2, 0) is 20.7 Å². The summed E-state index contributed by atoms with van der Waals surface area (Å²) in [6.45, 7) is 0. The van der Waals surface area contributed by atoms with Gasteiger partial charge in [0.15, 0.2) is 6.10 Å². The standard InChI is InChI=1S/C11H10FNO4/c1-17-11(16)10(15)6-2-5-4-8(14)13-9(5)7(12)3-6/h2-3,10,15H,4H2,1H3,(H,13,14). The minimum absolute atomic E-state index is 0.0357. The Hall–Kier alpha value is -1.95. The van der Waals surface area contributed by atoms with Gasteiger partial charge in [-0.05, 0) is 23.3 Å². The van der Waals surface area contributed by atoms with E-state index in [0.717, 1.165) is 13.2 Å². The van der Waals surface area contributed by atoms with Crippen LogP contribution in [0.15, 0.2) is 12.1 Å². The highest BCUT2D eigenvalue weighted by Gasteiger charge is 2.26. The average Bonchev–Trinajstić information content (AvgIpc) is 2.68. The van der Waals surface area contributed by atoms with Crippen molar-refractivity contribution in [2.45, 2.75) is 12.5 Å². The van der Waals surface area contributed by atoms with E-state index in [4.69, 9.17) is 0 Å². The number of fused-ring (bicyclic) bond motifs is 1. The third-order valence-corrected chi connectivity index (χ3v) is 2.55. The number of ether oxygens (including phenoxy) is 1. The van der Waals surface area contributed by atoms with Crippen LogP contribution in [0, 0.1) is 5.82 Å². The number of methoxy groups -OCH3 is 1. The van der Waals surface area contributed by atoms with Crippen LogP contribution in [0.2, 0.25) is 0 Å². The Bertz CT molecular complexity index is 500. The molecule has 0 saturated carbocycles. The van der Waals surface area contributed by atoms with E-state index in [1.54, 1.807) is 0 Å². The van der Waals surface area contributed by atoms with Gasteiger partial charge < -0.3 is 15.2 Å². The fraction of sp³-hybridized carbons (Fsp3) is 0.273. The van der Waals surface area contributed by atoms with Gasteiger partial charge in [0.05, 0.1) is 19.2 Å². The molecule has 1 aromatic carbocycles. The summed E-state index contributed by atoms with van der Waals surface area (Å²) in [7, 11) is 1.13. The van der Waals surface area contributed by atoms with Gasteiger partial charge in [-0.15, -0.1) is 0 Å². The van der Waals surface area contributed by atoms with E-state index in [2.05, 4.69) is 10.1 Å². The molecule has 0 bridgehead atoms. The first kappa shape index (κ1) is 11.5. The molecular weight excluding hydrogens is 229 g/mol. The van der Waals surface area contributed by atoms with Crippen LogP contribution in [0.3, 0.4) is 0 Å². The third-order valence-electron chi connectivity index (χ3n) is 2.55. The second kappa shape index (κ2) is 4.14. The fourth-order valence-electron chi connectivity index (χ4n) is 1.73. The topological polar surface area (TPSA) is 75.6 Å². The van der Waals surface area contributed by atoms with E-state index in [1.807, 2.05) is 0 Å². The quantitative estimate of drug-likeness (QED) is 0.738. The van der Waals surface area contributed by atoms with Gasteiger partial charge in [0, 0.05) is 0 Å². The lowest BCUT2D eigenvalue weighted by atomic mass is 10.0. The second-order valence-electron chi connectivity index (χ2n) is 3.69. The van der Waals surface area contributed by atoms with Gasteiger partial charge in [0.25, 0.3) is 0 Å². The van der Waals surface area contributed by atoms with E-state index in [1.165, 1.54) is 6.07 Å². The van der Waals surface area contributed by atoms with E-state index in [0.29, 0.717) is 5.56 Å². The predicted octanol–water partition coefficient (Wildman–Crippen LogP) is 0.527. The summed E-state index contributed by atoms with van der Waals surface area (Å²) >= 11 is 0. The molecule has 1 heterocycles. The first-order valence-electron chi connectivity index (χ1n) is 4.91. The Labute approximate surface area is 96.2 Å². The van der Waals surface area contributed by atoms with Gasteiger partial charge in [-0.2, -0.15) is 0 Å². The maximum absolute atomic E-state index is 13.6. The maximum atomic E-state index is 13.6. The monoisotopic (exact) mass is 239 g/mol. The Morgan fingerprint density at radius 1 is 1.59 bits per heavy atom. The van der Waals surface area contributed by atoms with E-state index in [-0.39, 0.29) is 23.6 Å². The molecule has 17 heavy (non-hydrogen) atoms. The number of esters is 1. The van der Waals surface area contributed by atoms with Crippen LogP contribution in [0.25, 0.3) is 0 Å². The number of carbonyl (C=O) groups is 2. The van der Waals surface area contributed by atoms with Crippen LogP contribution in [0.5, 0.6) is 0 Å². The summed E-state index contributed by atoms with van der Waals surface area (Å²) < 4.78 is 17.9. The molecule has 1 aromatic rings. The van der Waals surface area contributed by atoms with E-state index in [9.17, 15) is 19.1 Å². The van der Waals surface area contributed by atoms with Gasteiger partial charge in [-0.1, -0.05) is 0 Å². The number of nitrogens with one attached hydrogen (secondary N) is 1. The highest BCUT2D eigenvalue weighted by Crippen LogP contribution is 2.30. The van der Waals surface area contributed by atoms with Crippen molar-refractivity contribution in [3.63, 3.8) is 0 Å². The molecule has 0 aliphatic carbocycles. The molecule has 1 amide bonds. The number of halogens is 1. The number of aliphatic hydroxyl groups excluding tert-OH is 1. The van der Waals surface area contributed by atoms with Crippen molar-refractivity contribution < 1.29 is 23.8 Å². The van der Waals surface area contributed by atoms with Crippen LogP contribution >= 0.6 is 0 Å². The number of carbonyl (C=O) groups excluding carboxylic acids is 2. The first-order chi connectivity index (χ1) is 8.02. The highest BCUT2D eigenvalue weighted by molar-refractivity contribution is 5.99. The number of hydrogen-bond acceptors (Lipinski definition) is 4. The van der Waals surface area contributed by atoms with E-state index >= 15 is 0 Å². The van der Waals surface area contributed by atoms with Crippen molar-refractivity contribution in [2.75, 3.05) is 12.4 Å². The van der Waals surface area contributed by atoms with Crippen molar-refractivity contribution in [1.29, 1.82) is 0 Å². The lowest BCUT2D eigenvalue weighted by Crippen LogP contribution is -2.14. The van der Waals surface area contributed by atoms with Crippen molar-refractivity contribution in [3.8, 4) is 0 Å². The molecule has 0 saturated heterocycles. The zero-order valence-electron chi connectivity index (χ0n) is 8.99. The fourth-order valence-corrected chi connectivity index (χ4v) is 1.73. The van der Waals surface area contributed by atoms with Gasteiger partial charge >= 0.3 is 5.97 Å². The van der Waals surface area contributed by atoms with Crippen LogP contribution in [0.4, 0.5) is 10.1 Å². The largest absolute Gasteiger partial charge is 0.467 e. The molecule has 90 valence electrons. The normalized spacial score (nSPS) is 15.1. The Morgan fingerprint density at radius 3 is 2.94 bits per heavy atom. The Morgan fingerprint density at radius 2 is 2.29 bits per heavy atom. The number of anilines is 1. The summed E-state index contributed by atoms with van der Waals surface area (Å²) in [5, 5.41) is 11.9. The lowest BCUT2D eigenvalue weighted by Gasteiger charge is -2.10. The average molecular weight is 239 g/mol. The molecule has 1 aliphatic rings. The molecule has 0 fully saturated rings. The highest BCUT2D eigenvalue weighted by atomic mass is 19.1. The maximum Gasteiger partial charge on any atom is 0.339 e. The molecular formula is C11H10FNO4. The molecule has 0 spiro atoms. The number of amides is 1. The number of rotatable bonds is 2. The third kappa shape index (κ3) is 1.99. The molecule has 1 aliphatic heterocycles. The number of benzene rings is 1. The van der Waals surface area contributed by atoms with Gasteiger partial charge in [0.1, 0.15) is 5.82 Å². The SMILES string of the molecule is COC(=O)C(O)c1cc(F)c2c(c1)CC(=O)N2. The summed E-state index contributed by atoms with van der Waals surface area (Å²) in [6, 6.07) is 2.42. The molecule has 2 N–H and O–H groups in total. The van der Waals surface area contributed by atoms with Crippen molar-refractivity contribution in [1.82, 2.24) is 0 Å². The summed E-state index contributed by atoms with van der Waals surface area (Å²) in [6.07, 6.45) is -1.51. The Balaban J connectivity index is 2.39. The molecule has 5 nitrogen and oxygen atoms in total. The summed E-state index contributed by atoms with van der Waals surface area (Å²) in [5.74, 6) is -1.86. The molecule has 0 aromatic heterocycles. The van der Waals surface area contributed by atoms with Crippen LogP contribution in [0.1, 0.15) is 17.2 Å². The van der Waals surface area contributed by atoms with E-state index < -0.39 is 17.9 Å². The predicted molar refractivity (Wildman–Crippen MR) is 55.7 cm³/mol. The summed E-state index contributed by atoms with van der Waals surface area (Å²) in [5.41, 5.74) is 0.605. The first-order valence-corrected chi connectivity index (χ1v) is 4.91. The summed E-state index contributed by atoms with van der Waals surface area (Å²) in [4.78, 5) is 22.2. The lowest BCUT2D eigenvalue weighted by molar-refractivity contribution is -0.150. The van der Waals surface area contributed by atoms with Crippen molar-refractivity contribution >= 4 is 17.6 Å². The van der Waals surface area contributed by atoms with Crippen LogP contribution in [-0.4, -0.2) is 24.1 Å². The zero-order chi connectivity index (χ0) is 12.6. The molecule has 0 radical (unpaired) electrons. The number of hydrogen-bond donors (Lipinski definition) is 2. The van der Waals surface area contributed by atoms with Gasteiger partial charge in [-0.3, -0.25) is 4.79 Å². The smallest absolute Gasteiger partial charge is 0.339 e. The molecule has 1 unspecified atom stereocenters. The molecule has 1 atom stereocenters. The van der Waals surface area contributed by atoms with Crippen molar-refractivity contribution in [3.05, 3.63) is 29.1 Å².